The van der Waals surface area contributed by atoms with Gasteiger partial charge < -0.3 is 10.4 Å². The molecule has 0 aromatic heterocycles. The third kappa shape index (κ3) is 4.23. The van der Waals surface area contributed by atoms with E-state index in [1.807, 2.05) is 0 Å². The second-order valence-corrected chi connectivity index (χ2v) is 5.56. The van der Waals surface area contributed by atoms with Crippen molar-refractivity contribution in [1.29, 1.82) is 0 Å². The summed E-state index contributed by atoms with van der Waals surface area (Å²) in [6.07, 6.45) is 4.52. The lowest BCUT2D eigenvalue weighted by atomic mass is 9.82. The van der Waals surface area contributed by atoms with Gasteiger partial charge in [0.25, 0.3) is 0 Å². The Balaban J connectivity index is 1.80. The zero-order valence-electron chi connectivity index (χ0n) is 10.3. The molecule has 5 heteroatoms. The molecular weight excluding hydrogens is 285 g/mol. The van der Waals surface area contributed by atoms with Crippen molar-refractivity contribution in [2.75, 3.05) is 6.54 Å². The van der Waals surface area contributed by atoms with E-state index in [0.29, 0.717) is 22.5 Å². The summed E-state index contributed by atoms with van der Waals surface area (Å²) in [5.74, 6) is 0.254. The van der Waals surface area contributed by atoms with Gasteiger partial charge in [-0.2, -0.15) is 0 Å². The van der Waals surface area contributed by atoms with Crippen molar-refractivity contribution >= 4 is 35.2 Å². The van der Waals surface area contributed by atoms with Crippen LogP contribution >= 0.6 is 23.2 Å². The molecule has 102 valence electrons. The molecule has 0 heterocycles. The Morgan fingerprint density at radius 1 is 1.37 bits per heavy atom. The van der Waals surface area contributed by atoms with Gasteiger partial charge in [0.1, 0.15) is 0 Å². The van der Waals surface area contributed by atoms with Gasteiger partial charge in [0.15, 0.2) is 0 Å². The van der Waals surface area contributed by atoms with Gasteiger partial charge in [-0.25, -0.2) is 0 Å². The van der Waals surface area contributed by atoms with Crippen LogP contribution in [0.4, 0.5) is 0 Å². The van der Waals surface area contributed by atoms with Gasteiger partial charge in [0.05, 0.1) is 16.1 Å². The summed E-state index contributed by atoms with van der Waals surface area (Å²) >= 11 is 11.7. The number of hydrogen-bond acceptors (Lipinski definition) is 2. The van der Waals surface area contributed by atoms with Gasteiger partial charge in [-0.05, 0) is 42.5 Å². The molecule has 0 radical (unpaired) electrons. The van der Waals surface area contributed by atoms with E-state index >= 15 is 0 Å². The summed E-state index contributed by atoms with van der Waals surface area (Å²) in [5, 5.41) is 12.9. The highest BCUT2D eigenvalue weighted by molar-refractivity contribution is 6.42. The second-order valence-electron chi connectivity index (χ2n) is 4.74. The molecule has 0 aliphatic heterocycles. The maximum atomic E-state index is 11.6. The molecule has 19 heavy (non-hydrogen) atoms. The Hall–Kier alpha value is -1.03. The monoisotopic (exact) mass is 299 g/mol. The molecule has 0 unspecified atom stereocenters. The maximum absolute atomic E-state index is 11.6. The number of carbonyl (C=O) groups is 1. The highest BCUT2D eigenvalue weighted by Gasteiger charge is 2.26. The van der Waals surface area contributed by atoms with E-state index < -0.39 is 0 Å². The number of carbonyl (C=O) groups excluding carboxylic acids is 1. The SMILES string of the molecule is O=C(C=Cc1ccc(Cl)c(Cl)c1)NCC1CC(O)C1. The number of nitrogens with one attached hydrogen (secondary N) is 1. The summed E-state index contributed by atoms with van der Waals surface area (Å²) in [4.78, 5) is 11.6. The van der Waals surface area contributed by atoms with Crippen LogP contribution in [0, 0.1) is 5.92 Å². The fourth-order valence-corrected chi connectivity index (χ4v) is 2.27. The van der Waals surface area contributed by atoms with Crippen LogP contribution in [-0.2, 0) is 4.79 Å². The number of benzene rings is 1. The molecular formula is C14H15Cl2NO2. The lowest BCUT2D eigenvalue weighted by Crippen LogP contribution is -2.37. The number of aliphatic hydroxyl groups excluding tert-OH is 1. The van der Waals surface area contributed by atoms with Crippen LogP contribution in [0.1, 0.15) is 18.4 Å². The van der Waals surface area contributed by atoms with Gasteiger partial charge in [0, 0.05) is 12.6 Å². The molecule has 0 atom stereocenters. The van der Waals surface area contributed by atoms with E-state index in [1.165, 1.54) is 6.08 Å². The Kier molecular flexibility index (Phi) is 4.86. The molecule has 2 N–H and O–H groups in total. The van der Waals surface area contributed by atoms with Gasteiger partial charge in [-0.15, -0.1) is 0 Å². The van der Waals surface area contributed by atoms with Crippen LogP contribution in [-0.4, -0.2) is 23.7 Å². The second kappa shape index (κ2) is 6.42. The summed E-state index contributed by atoms with van der Waals surface area (Å²) in [5.41, 5.74) is 0.823. The predicted molar refractivity (Wildman–Crippen MR) is 77.2 cm³/mol. The Labute approximate surface area is 122 Å². The summed E-state index contributed by atoms with van der Waals surface area (Å²) < 4.78 is 0. The number of rotatable bonds is 4. The smallest absolute Gasteiger partial charge is 0.244 e. The molecule has 1 aromatic rings. The first-order valence-electron chi connectivity index (χ1n) is 6.13. The minimum atomic E-state index is -0.186. The molecule has 3 nitrogen and oxygen atoms in total. The molecule has 1 aliphatic carbocycles. The van der Waals surface area contributed by atoms with Crippen molar-refractivity contribution in [2.45, 2.75) is 18.9 Å². The zero-order valence-corrected chi connectivity index (χ0v) is 11.8. The largest absolute Gasteiger partial charge is 0.393 e. The number of amides is 1. The third-order valence-electron chi connectivity index (χ3n) is 3.15. The third-order valence-corrected chi connectivity index (χ3v) is 3.89. The van der Waals surface area contributed by atoms with Crippen molar-refractivity contribution in [2.24, 2.45) is 5.92 Å². The summed E-state index contributed by atoms with van der Waals surface area (Å²) in [6.45, 7) is 0.613. The Bertz CT molecular complexity index is 496. The van der Waals surface area contributed by atoms with Crippen LogP contribution in [0.25, 0.3) is 6.08 Å². The number of hydrogen-bond donors (Lipinski definition) is 2. The van der Waals surface area contributed by atoms with Crippen molar-refractivity contribution in [3.05, 3.63) is 39.9 Å². The zero-order chi connectivity index (χ0) is 13.8. The van der Waals surface area contributed by atoms with Crippen LogP contribution < -0.4 is 5.32 Å². The molecule has 1 amide bonds. The van der Waals surface area contributed by atoms with E-state index in [4.69, 9.17) is 28.3 Å². The molecule has 0 saturated heterocycles. The lowest BCUT2D eigenvalue weighted by molar-refractivity contribution is -0.117. The minimum Gasteiger partial charge on any atom is -0.393 e. The van der Waals surface area contributed by atoms with Crippen LogP contribution in [0.3, 0.4) is 0 Å². The van der Waals surface area contributed by atoms with Gasteiger partial charge >= 0.3 is 0 Å². The van der Waals surface area contributed by atoms with Crippen LogP contribution in [0.2, 0.25) is 10.0 Å². The maximum Gasteiger partial charge on any atom is 0.244 e. The van der Waals surface area contributed by atoms with Gasteiger partial charge in [0.2, 0.25) is 5.91 Å². The molecule has 0 spiro atoms. The van der Waals surface area contributed by atoms with Crippen LogP contribution in [0.5, 0.6) is 0 Å². The van der Waals surface area contributed by atoms with E-state index in [0.717, 1.165) is 18.4 Å². The molecule has 1 saturated carbocycles. The molecule has 2 rings (SSSR count). The van der Waals surface area contributed by atoms with Gasteiger partial charge in [-0.3, -0.25) is 4.79 Å². The van der Waals surface area contributed by atoms with Crippen molar-refractivity contribution in [1.82, 2.24) is 5.32 Å². The first kappa shape index (κ1) is 14.4. The number of aliphatic hydroxyl groups is 1. The van der Waals surface area contributed by atoms with E-state index in [-0.39, 0.29) is 12.0 Å². The first-order valence-corrected chi connectivity index (χ1v) is 6.89. The molecule has 0 bridgehead atoms. The van der Waals surface area contributed by atoms with E-state index in [9.17, 15) is 4.79 Å². The Morgan fingerprint density at radius 3 is 2.74 bits per heavy atom. The molecule has 1 aliphatic rings. The standard InChI is InChI=1S/C14H15Cl2NO2/c15-12-3-1-9(7-13(12)16)2-4-14(19)17-8-10-5-11(18)6-10/h1-4,7,10-11,18H,5-6,8H2,(H,17,19). The number of halogens is 2. The normalized spacial score (nSPS) is 22.3. The van der Waals surface area contributed by atoms with Gasteiger partial charge in [-0.1, -0.05) is 29.3 Å². The highest BCUT2D eigenvalue weighted by Crippen LogP contribution is 2.26. The van der Waals surface area contributed by atoms with Crippen molar-refractivity contribution < 1.29 is 9.90 Å². The van der Waals surface area contributed by atoms with Crippen molar-refractivity contribution in [3.63, 3.8) is 0 Å². The van der Waals surface area contributed by atoms with Crippen molar-refractivity contribution in [3.8, 4) is 0 Å². The highest BCUT2D eigenvalue weighted by atomic mass is 35.5. The Morgan fingerprint density at radius 2 is 2.11 bits per heavy atom. The quantitative estimate of drug-likeness (QED) is 0.840. The summed E-state index contributed by atoms with van der Waals surface area (Å²) in [6, 6.07) is 5.19. The fourth-order valence-electron chi connectivity index (χ4n) is 1.96. The van der Waals surface area contributed by atoms with Crippen LogP contribution in [0.15, 0.2) is 24.3 Å². The molecule has 1 fully saturated rings. The first-order chi connectivity index (χ1) is 9.04. The average Bonchev–Trinajstić information content (AvgIpc) is 2.34. The lowest BCUT2D eigenvalue weighted by Gasteiger charge is -2.31. The summed E-state index contributed by atoms with van der Waals surface area (Å²) in [7, 11) is 0. The topological polar surface area (TPSA) is 49.3 Å². The predicted octanol–water partition coefficient (Wildman–Crippen LogP) is 2.89. The molecule has 1 aromatic carbocycles. The van der Waals surface area contributed by atoms with E-state index in [1.54, 1.807) is 24.3 Å². The van der Waals surface area contributed by atoms with E-state index in [2.05, 4.69) is 5.32 Å². The fraction of sp³-hybridized carbons (Fsp3) is 0.357. The minimum absolute atomic E-state index is 0.146. The average molecular weight is 300 g/mol.